The van der Waals surface area contributed by atoms with Crippen molar-refractivity contribution < 1.29 is 14.3 Å². The molecule has 1 N–H and O–H groups in total. The fourth-order valence-electron chi connectivity index (χ4n) is 2.39. The summed E-state index contributed by atoms with van der Waals surface area (Å²) in [5, 5.41) is 2.67. The Morgan fingerprint density at radius 1 is 1.00 bits per heavy atom. The maximum Gasteiger partial charge on any atom is 0.417 e. The van der Waals surface area contributed by atoms with Gasteiger partial charge in [0.1, 0.15) is 11.5 Å². The summed E-state index contributed by atoms with van der Waals surface area (Å²) in [4.78, 5) is 23.1. The van der Waals surface area contributed by atoms with Gasteiger partial charge in [0, 0.05) is 24.4 Å². The molecule has 1 aliphatic carbocycles. The van der Waals surface area contributed by atoms with Gasteiger partial charge in [-0.3, -0.25) is 10.1 Å². The highest BCUT2D eigenvalue weighted by atomic mass is 16.6. The van der Waals surface area contributed by atoms with Crippen LogP contribution in [0, 0.1) is 0 Å². The second-order valence-corrected chi connectivity index (χ2v) is 5.06. The normalized spacial score (nSPS) is 14.4. The number of anilines is 1. The number of hydrogen-bond donors (Lipinski definition) is 1. The highest BCUT2D eigenvalue weighted by Crippen LogP contribution is 2.38. The van der Waals surface area contributed by atoms with Crippen molar-refractivity contribution in [3.63, 3.8) is 0 Å². The zero-order chi connectivity index (χ0) is 14.7. The number of Topliss-reactive ketones (excluding diaryl/α,β-unsaturated/α-hetero) is 1. The van der Waals surface area contributed by atoms with E-state index in [0.29, 0.717) is 24.3 Å². The summed E-state index contributed by atoms with van der Waals surface area (Å²) in [6.45, 7) is 0. The van der Waals surface area contributed by atoms with Crippen LogP contribution in [0.4, 0.5) is 10.5 Å². The van der Waals surface area contributed by atoms with Crippen LogP contribution in [0.25, 0.3) is 0 Å². The molecule has 0 heterocycles. The molecule has 0 atom stereocenters. The van der Waals surface area contributed by atoms with Crippen LogP contribution < -0.4 is 10.1 Å². The Balaban J connectivity index is 1.70. The van der Waals surface area contributed by atoms with E-state index in [9.17, 15) is 9.59 Å². The van der Waals surface area contributed by atoms with Crippen molar-refractivity contribution in [3.05, 3.63) is 60.2 Å². The van der Waals surface area contributed by atoms with E-state index in [2.05, 4.69) is 5.32 Å². The molecule has 4 heteroatoms. The third-order valence-electron chi connectivity index (χ3n) is 3.53. The molecule has 2 aromatic carbocycles. The van der Waals surface area contributed by atoms with Crippen molar-refractivity contribution in [1.29, 1.82) is 0 Å². The molecule has 1 fully saturated rings. The minimum absolute atomic E-state index is 0.165. The van der Waals surface area contributed by atoms with Gasteiger partial charge in [0.2, 0.25) is 0 Å². The maximum atomic E-state index is 11.9. The van der Waals surface area contributed by atoms with Gasteiger partial charge in [-0.25, -0.2) is 4.79 Å². The van der Waals surface area contributed by atoms with Gasteiger partial charge in [-0.15, -0.1) is 0 Å². The average molecular weight is 281 g/mol. The van der Waals surface area contributed by atoms with E-state index in [1.165, 1.54) is 0 Å². The lowest BCUT2D eigenvalue weighted by molar-refractivity contribution is -0.124. The van der Waals surface area contributed by atoms with Crippen LogP contribution in [-0.4, -0.2) is 11.9 Å². The first-order chi connectivity index (χ1) is 10.2. The van der Waals surface area contributed by atoms with E-state index < -0.39 is 6.09 Å². The number of ketones is 1. The number of nitrogens with one attached hydrogen (secondary N) is 1. The van der Waals surface area contributed by atoms with Crippen molar-refractivity contribution in [2.75, 3.05) is 5.32 Å². The molecular formula is C17H15NO3. The molecule has 1 amide bonds. The van der Waals surface area contributed by atoms with E-state index in [-0.39, 0.29) is 11.7 Å². The van der Waals surface area contributed by atoms with Crippen molar-refractivity contribution in [2.45, 2.75) is 18.8 Å². The minimum atomic E-state index is -0.528. The van der Waals surface area contributed by atoms with E-state index in [0.717, 1.165) is 5.56 Å². The van der Waals surface area contributed by atoms with E-state index in [1.807, 2.05) is 36.4 Å². The maximum absolute atomic E-state index is 11.9. The molecular weight excluding hydrogens is 266 g/mol. The first-order valence-electron chi connectivity index (χ1n) is 6.87. The predicted molar refractivity (Wildman–Crippen MR) is 79.5 cm³/mol. The van der Waals surface area contributed by atoms with Gasteiger partial charge in [0.05, 0.1) is 0 Å². The summed E-state index contributed by atoms with van der Waals surface area (Å²) in [7, 11) is 0. The standard InChI is InChI=1S/C17H15NO3/c19-14-10-12(11-14)15-8-4-5-9-16(15)21-17(20)18-13-6-2-1-3-7-13/h1-9,12H,10-11H2,(H,18,20). The molecule has 106 valence electrons. The van der Waals surface area contributed by atoms with E-state index in [1.54, 1.807) is 18.2 Å². The molecule has 21 heavy (non-hydrogen) atoms. The molecule has 3 rings (SSSR count). The lowest BCUT2D eigenvalue weighted by atomic mass is 9.78. The van der Waals surface area contributed by atoms with E-state index in [4.69, 9.17) is 4.74 Å². The Morgan fingerprint density at radius 2 is 1.67 bits per heavy atom. The second-order valence-electron chi connectivity index (χ2n) is 5.06. The molecule has 0 aliphatic heterocycles. The van der Waals surface area contributed by atoms with Gasteiger partial charge < -0.3 is 4.74 Å². The molecule has 0 saturated heterocycles. The van der Waals surface area contributed by atoms with Gasteiger partial charge in [-0.1, -0.05) is 36.4 Å². The van der Waals surface area contributed by atoms with Crippen molar-refractivity contribution in [2.24, 2.45) is 0 Å². The van der Waals surface area contributed by atoms with Gasteiger partial charge in [-0.2, -0.15) is 0 Å². The van der Waals surface area contributed by atoms with Crippen LogP contribution in [0.3, 0.4) is 0 Å². The average Bonchev–Trinajstić information content (AvgIpc) is 2.46. The first kappa shape index (κ1) is 13.4. The second kappa shape index (κ2) is 5.79. The number of carbonyl (C=O) groups excluding carboxylic acids is 2. The van der Waals surface area contributed by atoms with Gasteiger partial charge in [-0.05, 0) is 23.8 Å². The van der Waals surface area contributed by atoms with Gasteiger partial charge in [0.15, 0.2) is 0 Å². The van der Waals surface area contributed by atoms with Gasteiger partial charge in [0.25, 0.3) is 0 Å². The Bertz CT molecular complexity index is 659. The fourth-order valence-corrected chi connectivity index (χ4v) is 2.39. The predicted octanol–water partition coefficient (Wildman–Crippen LogP) is 3.74. The molecule has 1 saturated carbocycles. The lowest BCUT2D eigenvalue weighted by Gasteiger charge is -2.26. The van der Waals surface area contributed by atoms with Crippen molar-refractivity contribution in [1.82, 2.24) is 0 Å². The number of carbonyl (C=O) groups is 2. The SMILES string of the molecule is O=C1CC(c2ccccc2OC(=O)Nc2ccccc2)C1. The van der Waals surface area contributed by atoms with Crippen molar-refractivity contribution >= 4 is 17.6 Å². The quantitative estimate of drug-likeness (QED) is 0.932. The van der Waals surface area contributed by atoms with Crippen molar-refractivity contribution in [3.8, 4) is 5.75 Å². The zero-order valence-corrected chi connectivity index (χ0v) is 11.4. The smallest absolute Gasteiger partial charge is 0.410 e. The topological polar surface area (TPSA) is 55.4 Å². The number of benzene rings is 2. The Kier molecular flexibility index (Phi) is 3.69. The number of para-hydroxylation sites is 2. The summed E-state index contributed by atoms with van der Waals surface area (Å²) < 4.78 is 5.38. The first-order valence-corrected chi connectivity index (χ1v) is 6.87. The summed E-state index contributed by atoms with van der Waals surface area (Å²) in [5.41, 5.74) is 1.60. The Hall–Kier alpha value is -2.62. The van der Waals surface area contributed by atoms with E-state index >= 15 is 0 Å². The van der Waals surface area contributed by atoms with Crippen LogP contribution in [0.2, 0.25) is 0 Å². The molecule has 1 aliphatic rings. The molecule has 0 spiro atoms. The van der Waals surface area contributed by atoms with Crippen LogP contribution in [-0.2, 0) is 4.79 Å². The third-order valence-corrected chi connectivity index (χ3v) is 3.53. The number of rotatable bonds is 3. The summed E-state index contributed by atoms with van der Waals surface area (Å²) in [5.74, 6) is 0.935. The lowest BCUT2D eigenvalue weighted by Crippen LogP contribution is -2.23. The molecule has 2 aromatic rings. The molecule has 0 radical (unpaired) electrons. The largest absolute Gasteiger partial charge is 0.417 e. The molecule has 0 aromatic heterocycles. The Morgan fingerprint density at radius 3 is 2.38 bits per heavy atom. The number of amides is 1. The minimum Gasteiger partial charge on any atom is -0.410 e. The zero-order valence-electron chi connectivity index (χ0n) is 11.4. The third kappa shape index (κ3) is 3.11. The summed E-state index contributed by atoms with van der Waals surface area (Å²) in [6, 6.07) is 16.5. The number of hydrogen-bond acceptors (Lipinski definition) is 3. The highest BCUT2D eigenvalue weighted by molar-refractivity contribution is 5.88. The molecule has 0 unspecified atom stereocenters. The monoisotopic (exact) mass is 281 g/mol. The highest BCUT2D eigenvalue weighted by Gasteiger charge is 2.30. The summed E-state index contributed by atoms with van der Waals surface area (Å²) >= 11 is 0. The van der Waals surface area contributed by atoms with Gasteiger partial charge >= 0.3 is 6.09 Å². The van der Waals surface area contributed by atoms with Crippen LogP contribution in [0.5, 0.6) is 5.75 Å². The molecule has 0 bridgehead atoms. The Labute approximate surface area is 122 Å². The number of ether oxygens (including phenoxy) is 1. The summed E-state index contributed by atoms with van der Waals surface area (Å²) in [6.07, 6.45) is 0.528. The molecule has 4 nitrogen and oxygen atoms in total. The fraction of sp³-hybridized carbons (Fsp3) is 0.176. The van der Waals surface area contributed by atoms with Crippen LogP contribution >= 0.6 is 0 Å². The van der Waals surface area contributed by atoms with Crippen LogP contribution in [0.1, 0.15) is 24.3 Å². The van der Waals surface area contributed by atoms with Crippen LogP contribution in [0.15, 0.2) is 54.6 Å².